The summed E-state index contributed by atoms with van der Waals surface area (Å²) >= 11 is 0. The standard InChI is InChI=1S/C18H22N2O4.C2H6/c1-5-6-7-22-16-8-13(2)18(14(3)9-16)24-12-17-20-15(11-23-17)10-19-21-4;1-2/h5-6,8-11H,7,12H2,1-4H3;1-2H3/b6-5+,19-10?;. The number of aryl methyl sites for hydroxylation is 2. The normalized spacial score (nSPS) is 10.7. The molecule has 0 radical (unpaired) electrons. The first-order chi connectivity index (χ1) is 12.6. The molecule has 0 aliphatic carbocycles. The van der Waals surface area contributed by atoms with Crippen molar-refractivity contribution in [2.24, 2.45) is 5.16 Å². The summed E-state index contributed by atoms with van der Waals surface area (Å²) in [5, 5.41) is 3.64. The zero-order chi connectivity index (χ0) is 19.4. The first-order valence-electron chi connectivity index (χ1n) is 8.63. The maximum Gasteiger partial charge on any atom is 0.232 e. The van der Waals surface area contributed by atoms with Crippen LogP contribution >= 0.6 is 0 Å². The highest BCUT2D eigenvalue weighted by atomic mass is 16.6. The van der Waals surface area contributed by atoms with Gasteiger partial charge < -0.3 is 18.7 Å². The van der Waals surface area contributed by atoms with Gasteiger partial charge in [0.05, 0.1) is 6.21 Å². The highest BCUT2D eigenvalue weighted by molar-refractivity contribution is 5.75. The summed E-state index contributed by atoms with van der Waals surface area (Å²) in [5.74, 6) is 2.10. The number of hydrogen-bond acceptors (Lipinski definition) is 6. The van der Waals surface area contributed by atoms with E-state index in [0.29, 0.717) is 18.2 Å². The Kier molecular flexibility index (Phi) is 9.61. The molecule has 2 aromatic rings. The van der Waals surface area contributed by atoms with E-state index in [1.54, 1.807) is 0 Å². The maximum absolute atomic E-state index is 5.85. The van der Waals surface area contributed by atoms with Crippen LogP contribution in [0.4, 0.5) is 0 Å². The molecule has 0 saturated heterocycles. The van der Waals surface area contributed by atoms with E-state index in [1.165, 1.54) is 19.6 Å². The van der Waals surface area contributed by atoms with Crippen LogP contribution in [0.2, 0.25) is 0 Å². The Hall–Kier alpha value is -2.76. The lowest BCUT2D eigenvalue weighted by Gasteiger charge is -2.13. The van der Waals surface area contributed by atoms with Crippen LogP contribution < -0.4 is 9.47 Å². The molecule has 1 aromatic heterocycles. The number of hydrogen-bond donors (Lipinski definition) is 0. The lowest BCUT2D eigenvalue weighted by Crippen LogP contribution is -2.01. The highest BCUT2D eigenvalue weighted by Gasteiger charge is 2.10. The van der Waals surface area contributed by atoms with Crippen molar-refractivity contribution in [1.29, 1.82) is 0 Å². The Bertz CT molecular complexity index is 697. The van der Waals surface area contributed by atoms with Gasteiger partial charge in [0.25, 0.3) is 0 Å². The molecule has 0 spiro atoms. The van der Waals surface area contributed by atoms with E-state index in [2.05, 4.69) is 15.0 Å². The van der Waals surface area contributed by atoms with Gasteiger partial charge >= 0.3 is 0 Å². The second-order valence-corrected chi connectivity index (χ2v) is 5.14. The third-order valence-corrected chi connectivity index (χ3v) is 3.22. The van der Waals surface area contributed by atoms with Crippen molar-refractivity contribution in [2.75, 3.05) is 13.7 Å². The lowest BCUT2D eigenvalue weighted by atomic mass is 10.1. The summed E-state index contributed by atoms with van der Waals surface area (Å²) in [6.07, 6.45) is 6.89. The van der Waals surface area contributed by atoms with Crippen molar-refractivity contribution in [3.63, 3.8) is 0 Å². The summed E-state index contributed by atoms with van der Waals surface area (Å²) in [5.41, 5.74) is 2.58. The Morgan fingerprint density at radius 1 is 1.15 bits per heavy atom. The average Bonchev–Trinajstić information content (AvgIpc) is 3.09. The SMILES string of the molecule is C/C=C/COc1cc(C)c(OCc2nc(C=NOC)co2)c(C)c1.CC. The Labute approximate surface area is 155 Å². The first-order valence-corrected chi connectivity index (χ1v) is 8.63. The fourth-order valence-corrected chi connectivity index (χ4v) is 2.15. The molecule has 0 fully saturated rings. The number of oxazole rings is 1. The molecule has 142 valence electrons. The van der Waals surface area contributed by atoms with Crippen LogP contribution in [-0.4, -0.2) is 24.9 Å². The minimum atomic E-state index is 0.237. The molecular weight excluding hydrogens is 332 g/mol. The van der Waals surface area contributed by atoms with Gasteiger partial charge in [-0.05, 0) is 44.0 Å². The second kappa shape index (κ2) is 11.7. The van der Waals surface area contributed by atoms with Crippen LogP contribution in [0.25, 0.3) is 0 Å². The predicted octanol–water partition coefficient (Wildman–Crippen LogP) is 4.83. The fraction of sp³-hybridized carbons (Fsp3) is 0.400. The molecule has 0 saturated carbocycles. The molecule has 1 heterocycles. The quantitative estimate of drug-likeness (QED) is 0.383. The number of benzene rings is 1. The molecule has 2 rings (SSSR count). The smallest absolute Gasteiger partial charge is 0.232 e. The summed E-state index contributed by atoms with van der Waals surface area (Å²) in [6.45, 7) is 10.7. The van der Waals surface area contributed by atoms with Gasteiger partial charge in [0.2, 0.25) is 5.89 Å². The number of allylic oxidation sites excluding steroid dienone is 1. The monoisotopic (exact) mass is 360 g/mol. The Balaban J connectivity index is 0.00000163. The molecule has 0 aliphatic heterocycles. The van der Waals surface area contributed by atoms with Gasteiger partial charge in [-0.15, -0.1) is 0 Å². The van der Waals surface area contributed by atoms with Gasteiger partial charge in [0.15, 0.2) is 6.61 Å². The molecule has 0 atom stereocenters. The van der Waals surface area contributed by atoms with Crippen molar-refractivity contribution in [1.82, 2.24) is 4.98 Å². The molecule has 6 heteroatoms. The van der Waals surface area contributed by atoms with Crippen LogP contribution in [0.3, 0.4) is 0 Å². The van der Waals surface area contributed by atoms with Gasteiger partial charge in [-0.3, -0.25) is 0 Å². The van der Waals surface area contributed by atoms with E-state index in [4.69, 9.17) is 13.9 Å². The third-order valence-electron chi connectivity index (χ3n) is 3.22. The van der Waals surface area contributed by atoms with Gasteiger partial charge in [0.1, 0.15) is 37.2 Å². The van der Waals surface area contributed by atoms with E-state index >= 15 is 0 Å². The predicted molar refractivity (Wildman–Crippen MR) is 103 cm³/mol. The minimum Gasteiger partial charge on any atom is -0.490 e. The second-order valence-electron chi connectivity index (χ2n) is 5.14. The van der Waals surface area contributed by atoms with Crippen LogP contribution in [0.15, 0.2) is 40.1 Å². The van der Waals surface area contributed by atoms with E-state index in [9.17, 15) is 0 Å². The van der Waals surface area contributed by atoms with Crippen molar-refractivity contribution >= 4 is 6.21 Å². The molecule has 6 nitrogen and oxygen atoms in total. The van der Waals surface area contributed by atoms with E-state index in [0.717, 1.165) is 22.6 Å². The first kappa shape index (κ1) is 21.3. The number of oxime groups is 1. The van der Waals surface area contributed by atoms with Crippen LogP contribution in [0.1, 0.15) is 43.5 Å². The van der Waals surface area contributed by atoms with Gasteiger partial charge in [-0.2, -0.15) is 0 Å². The fourth-order valence-electron chi connectivity index (χ4n) is 2.15. The summed E-state index contributed by atoms with van der Waals surface area (Å²) in [6, 6.07) is 3.91. The molecule has 26 heavy (non-hydrogen) atoms. The average molecular weight is 360 g/mol. The number of nitrogens with zero attached hydrogens (tertiary/aromatic N) is 2. The van der Waals surface area contributed by atoms with Crippen LogP contribution in [0.5, 0.6) is 11.5 Å². The van der Waals surface area contributed by atoms with Gasteiger partial charge in [-0.1, -0.05) is 31.2 Å². The molecule has 0 amide bonds. The zero-order valence-electron chi connectivity index (χ0n) is 16.4. The lowest BCUT2D eigenvalue weighted by molar-refractivity contribution is 0.215. The van der Waals surface area contributed by atoms with Crippen molar-refractivity contribution in [3.05, 3.63) is 53.3 Å². The van der Waals surface area contributed by atoms with Crippen molar-refractivity contribution < 1.29 is 18.7 Å². The Morgan fingerprint density at radius 3 is 2.46 bits per heavy atom. The molecule has 1 aromatic carbocycles. The van der Waals surface area contributed by atoms with E-state index < -0.39 is 0 Å². The molecule has 0 N–H and O–H groups in total. The maximum atomic E-state index is 5.85. The van der Waals surface area contributed by atoms with Gasteiger partial charge in [0, 0.05) is 0 Å². The highest BCUT2D eigenvalue weighted by Crippen LogP contribution is 2.29. The van der Waals surface area contributed by atoms with Crippen LogP contribution in [0, 0.1) is 13.8 Å². The van der Waals surface area contributed by atoms with Crippen molar-refractivity contribution in [2.45, 2.75) is 41.2 Å². The van der Waals surface area contributed by atoms with Crippen molar-refractivity contribution in [3.8, 4) is 11.5 Å². The molecule has 0 bridgehead atoms. The third kappa shape index (κ3) is 6.63. The summed E-state index contributed by atoms with van der Waals surface area (Å²) < 4.78 is 16.9. The molecule has 0 aliphatic rings. The topological polar surface area (TPSA) is 66.1 Å². The molecular formula is C20H28N2O4. The van der Waals surface area contributed by atoms with E-state index in [1.807, 2.05) is 58.9 Å². The summed E-state index contributed by atoms with van der Waals surface area (Å²) in [7, 11) is 1.47. The van der Waals surface area contributed by atoms with Crippen LogP contribution in [-0.2, 0) is 11.4 Å². The largest absolute Gasteiger partial charge is 0.490 e. The minimum absolute atomic E-state index is 0.237. The van der Waals surface area contributed by atoms with E-state index in [-0.39, 0.29) is 6.61 Å². The number of rotatable bonds is 8. The van der Waals surface area contributed by atoms with Gasteiger partial charge in [-0.25, -0.2) is 4.98 Å². The summed E-state index contributed by atoms with van der Waals surface area (Å²) in [4.78, 5) is 8.84. The number of ether oxygens (including phenoxy) is 2. The zero-order valence-corrected chi connectivity index (χ0v) is 16.4. The Morgan fingerprint density at radius 2 is 1.85 bits per heavy atom. The number of aromatic nitrogens is 1. The molecule has 0 unspecified atom stereocenters.